The molecule has 1 heterocycles. The van der Waals surface area contributed by atoms with E-state index in [1.165, 1.54) is 0 Å². The minimum absolute atomic E-state index is 0.156. The van der Waals surface area contributed by atoms with Gasteiger partial charge in [0, 0.05) is 59.4 Å². The van der Waals surface area contributed by atoms with E-state index in [4.69, 9.17) is 4.74 Å². The third-order valence-electron chi connectivity index (χ3n) is 3.52. The number of ether oxygens (including phenoxy) is 1. The summed E-state index contributed by atoms with van der Waals surface area (Å²) in [5, 5.41) is 3.34. The molecule has 1 amide bonds. The number of nitrogens with one attached hydrogen (secondary N) is 1. The lowest BCUT2D eigenvalue weighted by Gasteiger charge is -2.36. The summed E-state index contributed by atoms with van der Waals surface area (Å²) in [5.41, 5.74) is 0. The average molecular weight is 312 g/mol. The summed E-state index contributed by atoms with van der Waals surface area (Å²) >= 11 is 0. The van der Waals surface area contributed by atoms with Crippen molar-refractivity contribution in [2.45, 2.75) is 34.1 Å². The van der Waals surface area contributed by atoms with Crippen LogP contribution < -0.4 is 5.32 Å². The van der Waals surface area contributed by atoms with Crippen LogP contribution >= 0.6 is 0 Å². The summed E-state index contributed by atoms with van der Waals surface area (Å²) in [6.07, 6.45) is 0.940. The molecule has 0 aromatic heterocycles. The third-order valence-corrected chi connectivity index (χ3v) is 3.52. The molecular formula is C16H32N4O2. The predicted molar refractivity (Wildman–Crippen MR) is 90.1 cm³/mol. The highest BCUT2D eigenvalue weighted by Gasteiger charge is 2.20. The molecule has 0 aliphatic carbocycles. The zero-order valence-corrected chi connectivity index (χ0v) is 14.6. The number of rotatable bonds is 7. The Morgan fingerprint density at radius 3 is 2.41 bits per heavy atom. The Morgan fingerprint density at radius 2 is 1.86 bits per heavy atom. The first kappa shape index (κ1) is 18.7. The zero-order valence-electron chi connectivity index (χ0n) is 14.6. The maximum absolute atomic E-state index is 11.4. The van der Waals surface area contributed by atoms with E-state index >= 15 is 0 Å². The van der Waals surface area contributed by atoms with Crippen LogP contribution in [-0.2, 0) is 9.53 Å². The Hall–Kier alpha value is -1.30. The van der Waals surface area contributed by atoms with Crippen LogP contribution in [-0.4, -0.2) is 74.1 Å². The van der Waals surface area contributed by atoms with Gasteiger partial charge in [-0.2, -0.15) is 0 Å². The number of carbonyl (C=O) groups excluding carboxylic acids is 1. The van der Waals surface area contributed by atoms with Gasteiger partial charge in [-0.1, -0.05) is 13.8 Å². The highest BCUT2D eigenvalue weighted by molar-refractivity contribution is 5.80. The van der Waals surface area contributed by atoms with Crippen LogP contribution in [0.25, 0.3) is 0 Å². The predicted octanol–water partition coefficient (Wildman–Crippen LogP) is 1.18. The Kier molecular flexibility index (Phi) is 8.89. The molecule has 0 atom stereocenters. The van der Waals surface area contributed by atoms with E-state index in [1.807, 2.05) is 4.90 Å². The lowest BCUT2D eigenvalue weighted by molar-refractivity contribution is -0.130. The average Bonchev–Trinajstić information content (AvgIpc) is 2.49. The second kappa shape index (κ2) is 10.4. The lowest BCUT2D eigenvalue weighted by atomic mass is 10.2. The van der Waals surface area contributed by atoms with Crippen molar-refractivity contribution in [1.29, 1.82) is 0 Å². The molecule has 0 radical (unpaired) electrons. The van der Waals surface area contributed by atoms with Crippen LogP contribution in [0.15, 0.2) is 4.99 Å². The largest absolute Gasteiger partial charge is 0.381 e. The monoisotopic (exact) mass is 312 g/mol. The van der Waals surface area contributed by atoms with Crippen LogP contribution in [0.4, 0.5) is 0 Å². The second-order valence-corrected chi connectivity index (χ2v) is 6.05. The molecule has 0 aromatic carbocycles. The van der Waals surface area contributed by atoms with Crippen molar-refractivity contribution < 1.29 is 9.53 Å². The van der Waals surface area contributed by atoms with Gasteiger partial charge in [0.25, 0.3) is 0 Å². The quantitative estimate of drug-likeness (QED) is 0.436. The van der Waals surface area contributed by atoms with Gasteiger partial charge in [-0.25, -0.2) is 0 Å². The standard InChI is InChI=1S/C16H32N4O2/c1-5-17-16(18-7-6-12-22-13-14(2)3)20-10-8-19(9-11-20)15(4)21/h14H,5-13H2,1-4H3,(H,17,18). The van der Waals surface area contributed by atoms with Gasteiger partial charge in [-0.05, 0) is 19.3 Å². The van der Waals surface area contributed by atoms with Gasteiger partial charge in [0.15, 0.2) is 5.96 Å². The number of hydrogen-bond acceptors (Lipinski definition) is 3. The molecule has 0 spiro atoms. The summed E-state index contributed by atoms with van der Waals surface area (Å²) in [6.45, 7) is 14.5. The van der Waals surface area contributed by atoms with E-state index in [-0.39, 0.29) is 5.91 Å². The molecule has 6 nitrogen and oxygen atoms in total. The van der Waals surface area contributed by atoms with Gasteiger partial charge >= 0.3 is 0 Å². The van der Waals surface area contributed by atoms with Crippen molar-refractivity contribution in [2.75, 3.05) is 52.5 Å². The van der Waals surface area contributed by atoms with E-state index in [9.17, 15) is 4.79 Å². The normalized spacial score (nSPS) is 16.3. The van der Waals surface area contributed by atoms with Gasteiger partial charge in [-0.3, -0.25) is 9.79 Å². The molecule has 0 saturated carbocycles. The number of nitrogens with zero attached hydrogens (tertiary/aromatic N) is 3. The molecule has 1 aliphatic heterocycles. The molecule has 1 N–H and O–H groups in total. The second-order valence-electron chi connectivity index (χ2n) is 6.05. The van der Waals surface area contributed by atoms with Crippen molar-refractivity contribution in [3.8, 4) is 0 Å². The molecule has 0 bridgehead atoms. The zero-order chi connectivity index (χ0) is 16.4. The molecule has 1 rings (SSSR count). The number of amides is 1. The minimum Gasteiger partial charge on any atom is -0.381 e. The summed E-state index contributed by atoms with van der Waals surface area (Å²) in [7, 11) is 0. The number of aliphatic imine (C=N–C) groups is 1. The van der Waals surface area contributed by atoms with Crippen molar-refractivity contribution in [1.82, 2.24) is 15.1 Å². The summed E-state index contributed by atoms with van der Waals surface area (Å²) in [4.78, 5) is 20.2. The molecular weight excluding hydrogens is 280 g/mol. The maximum Gasteiger partial charge on any atom is 0.219 e. The molecule has 0 unspecified atom stereocenters. The highest BCUT2D eigenvalue weighted by atomic mass is 16.5. The Morgan fingerprint density at radius 1 is 1.23 bits per heavy atom. The fourth-order valence-corrected chi connectivity index (χ4v) is 2.33. The van der Waals surface area contributed by atoms with Crippen LogP contribution in [0.5, 0.6) is 0 Å². The van der Waals surface area contributed by atoms with Gasteiger partial charge < -0.3 is 19.9 Å². The highest BCUT2D eigenvalue weighted by Crippen LogP contribution is 2.03. The fraction of sp³-hybridized carbons (Fsp3) is 0.875. The summed E-state index contributed by atoms with van der Waals surface area (Å²) < 4.78 is 5.58. The number of hydrogen-bond donors (Lipinski definition) is 1. The van der Waals surface area contributed by atoms with Gasteiger partial charge in [0.05, 0.1) is 0 Å². The van der Waals surface area contributed by atoms with Crippen LogP contribution in [0.1, 0.15) is 34.1 Å². The molecule has 6 heteroatoms. The number of piperazine rings is 1. The number of carbonyl (C=O) groups is 1. The summed E-state index contributed by atoms with van der Waals surface area (Å²) in [6, 6.07) is 0. The Balaban J connectivity index is 2.34. The lowest BCUT2D eigenvalue weighted by Crippen LogP contribution is -2.53. The van der Waals surface area contributed by atoms with Gasteiger partial charge in [0.2, 0.25) is 5.91 Å². The van der Waals surface area contributed by atoms with E-state index in [0.29, 0.717) is 5.92 Å². The van der Waals surface area contributed by atoms with Gasteiger partial charge in [0.1, 0.15) is 0 Å². The first-order valence-electron chi connectivity index (χ1n) is 8.41. The minimum atomic E-state index is 0.156. The molecule has 1 fully saturated rings. The maximum atomic E-state index is 11.4. The summed E-state index contributed by atoms with van der Waals surface area (Å²) in [5.74, 6) is 1.69. The molecule has 22 heavy (non-hydrogen) atoms. The molecule has 1 saturated heterocycles. The first-order chi connectivity index (χ1) is 10.5. The fourth-order valence-electron chi connectivity index (χ4n) is 2.33. The SMILES string of the molecule is CCNC(=NCCCOCC(C)C)N1CCN(C(C)=O)CC1. The first-order valence-corrected chi connectivity index (χ1v) is 8.41. The van der Waals surface area contributed by atoms with Crippen molar-refractivity contribution >= 4 is 11.9 Å². The Bertz CT molecular complexity index is 350. The van der Waals surface area contributed by atoms with Crippen LogP contribution in [0, 0.1) is 5.92 Å². The van der Waals surface area contributed by atoms with E-state index in [2.05, 4.69) is 36.0 Å². The smallest absolute Gasteiger partial charge is 0.219 e. The van der Waals surface area contributed by atoms with Crippen molar-refractivity contribution in [2.24, 2.45) is 10.9 Å². The Labute approximate surface area is 134 Å². The van der Waals surface area contributed by atoms with Gasteiger partial charge in [-0.15, -0.1) is 0 Å². The van der Waals surface area contributed by atoms with E-state index in [0.717, 1.165) is 64.9 Å². The van der Waals surface area contributed by atoms with Crippen molar-refractivity contribution in [3.05, 3.63) is 0 Å². The third kappa shape index (κ3) is 7.11. The molecule has 1 aliphatic rings. The number of guanidine groups is 1. The van der Waals surface area contributed by atoms with Crippen molar-refractivity contribution in [3.63, 3.8) is 0 Å². The van der Waals surface area contributed by atoms with E-state index in [1.54, 1.807) is 6.92 Å². The topological polar surface area (TPSA) is 57.2 Å². The molecule has 128 valence electrons. The molecule has 0 aromatic rings. The van der Waals surface area contributed by atoms with Crippen LogP contribution in [0.2, 0.25) is 0 Å². The van der Waals surface area contributed by atoms with E-state index < -0.39 is 0 Å². The van der Waals surface area contributed by atoms with Crippen LogP contribution in [0.3, 0.4) is 0 Å².